The van der Waals surface area contributed by atoms with Gasteiger partial charge in [0.1, 0.15) is 11.6 Å². The molecule has 212 valence electrons. The van der Waals surface area contributed by atoms with Crippen LogP contribution in [0.3, 0.4) is 0 Å². The lowest BCUT2D eigenvalue weighted by Crippen LogP contribution is -2.62. The third kappa shape index (κ3) is 5.22. The van der Waals surface area contributed by atoms with E-state index >= 15 is 8.78 Å². The van der Waals surface area contributed by atoms with Crippen LogP contribution in [0.4, 0.5) is 33.7 Å². The predicted octanol–water partition coefficient (Wildman–Crippen LogP) is 4.13. The van der Waals surface area contributed by atoms with Crippen LogP contribution in [0, 0.1) is 11.6 Å². The molecular formula is C25H22F5N5O5. The van der Waals surface area contributed by atoms with Gasteiger partial charge in [0, 0.05) is 36.2 Å². The van der Waals surface area contributed by atoms with E-state index in [1.165, 1.54) is 19.2 Å². The zero-order valence-corrected chi connectivity index (χ0v) is 21.0. The largest absolute Gasteiger partial charge is 0.573 e. The van der Waals surface area contributed by atoms with Gasteiger partial charge >= 0.3 is 12.4 Å². The smallest absolute Gasteiger partial charge is 0.492 e. The summed E-state index contributed by atoms with van der Waals surface area (Å²) in [6.07, 6.45) is -4.87. The molecule has 2 N–H and O–H groups in total. The first-order valence-electron chi connectivity index (χ1n) is 12.1. The number of aromatic nitrogens is 2. The van der Waals surface area contributed by atoms with Gasteiger partial charge in [-0.3, -0.25) is 14.9 Å². The topological polar surface area (TPSA) is 119 Å². The molecule has 2 aromatic carbocycles. The quantitative estimate of drug-likeness (QED) is 0.321. The van der Waals surface area contributed by atoms with E-state index < -0.39 is 47.0 Å². The minimum Gasteiger partial charge on any atom is -0.492 e. The monoisotopic (exact) mass is 567 g/mol. The van der Waals surface area contributed by atoms with Gasteiger partial charge in [0.25, 0.3) is 0 Å². The normalized spacial score (nSPS) is 21.1. The Labute approximate surface area is 223 Å². The average Bonchev–Trinajstić information content (AvgIpc) is 3.35. The maximum Gasteiger partial charge on any atom is 0.573 e. The third-order valence-electron chi connectivity index (χ3n) is 6.83. The number of benzene rings is 2. The number of halogens is 5. The minimum atomic E-state index is -4.81. The van der Waals surface area contributed by atoms with Crippen LogP contribution < -0.4 is 25.0 Å². The highest BCUT2D eigenvalue weighted by Crippen LogP contribution is 2.43. The molecule has 2 fully saturated rings. The molecule has 2 aliphatic heterocycles. The van der Waals surface area contributed by atoms with E-state index in [1.807, 2.05) is 0 Å². The fourth-order valence-electron chi connectivity index (χ4n) is 4.75. The molecule has 10 nitrogen and oxygen atoms in total. The molecule has 1 unspecified atom stereocenters. The summed E-state index contributed by atoms with van der Waals surface area (Å²) in [5.74, 6) is -4.95. The first-order chi connectivity index (χ1) is 18.9. The van der Waals surface area contributed by atoms with Crippen LogP contribution in [-0.4, -0.2) is 54.1 Å². The molecule has 0 radical (unpaired) electrons. The average molecular weight is 567 g/mol. The molecule has 3 atom stereocenters. The molecule has 3 aromatic rings. The van der Waals surface area contributed by atoms with Crippen LogP contribution in [0.2, 0.25) is 0 Å². The number of hydrogen-bond acceptors (Lipinski definition) is 9. The van der Waals surface area contributed by atoms with Crippen molar-refractivity contribution in [3.63, 3.8) is 0 Å². The van der Waals surface area contributed by atoms with Gasteiger partial charge in [-0.2, -0.15) is 0 Å². The van der Waals surface area contributed by atoms with Crippen LogP contribution in [0.25, 0.3) is 11.5 Å². The second-order valence-corrected chi connectivity index (χ2v) is 9.27. The van der Waals surface area contributed by atoms with E-state index in [0.717, 1.165) is 18.2 Å². The van der Waals surface area contributed by atoms with Gasteiger partial charge in [-0.25, -0.2) is 8.78 Å². The van der Waals surface area contributed by atoms with Crippen molar-refractivity contribution in [3.05, 3.63) is 47.5 Å². The first-order valence-corrected chi connectivity index (χ1v) is 12.1. The van der Waals surface area contributed by atoms with E-state index in [4.69, 9.17) is 9.15 Å². The van der Waals surface area contributed by atoms with Gasteiger partial charge in [-0.1, -0.05) is 5.10 Å². The number of imide groups is 1. The molecule has 40 heavy (non-hydrogen) atoms. The van der Waals surface area contributed by atoms with Crippen molar-refractivity contribution in [3.8, 4) is 23.0 Å². The maximum atomic E-state index is 15.4. The second-order valence-electron chi connectivity index (χ2n) is 9.27. The van der Waals surface area contributed by atoms with Crippen molar-refractivity contribution < 1.29 is 45.4 Å². The van der Waals surface area contributed by atoms with Crippen molar-refractivity contribution in [1.29, 1.82) is 0 Å². The Morgan fingerprint density at radius 1 is 1.15 bits per heavy atom. The lowest BCUT2D eigenvalue weighted by molar-refractivity contribution is -0.274. The molecule has 2 aliphatic rings. The van der Waals surface area contributed by atoms with Crippen molar-refractivity contribution in [1.82, 2.24) is 15.5 Å². The lowest BCUT2D eigenvalue weighted by atomic mass is 9.88. The minimum absolute atomic E-state index is 0.0230. The van der Waals surface area contributed by atoms with Crippen LogP contribution >= 0.6 is 0 Å². The van der Waals surface area contributed by atoms with Crippen LogP contribution in [0.5, 0.6) is 11.5 Å². The molecule has 0 saturated carbocycles. The highest BCUT2D eigenvalue weighted by Gasteiger charge is 2.41. The van der Waals surface area contributed by atoms with Gasteiger partial charge in [0.15, 0.2) is 11.6 Å². The standard InChI is InChI=1S/C25H22F5N5O5/c1-11-16(31-24-34-33-23(39-24)12-3-5-13(6-4-12)40-25(28,29)30)10-35(11)17-9-15(26)19(20(27)21(17)38-2)14-7-8-18(36)32-22(14)37/h3-6,9,11,14,16H,7-8,10H2,1-2H3,(H,31,34)(H,32,36,37)/t11-,14?,16+/m1/s1. The number of carbonyl (C=O) groups excluding carboxylic acids is 2. The molecule has 0 bridgehead atoms. The number of methoxy groups -OCH3 is 1. The van der Waals surface area contributed by atoms with Gasteiger partial charge in [0.05, 0.1) is 24.8 Å². The maximum absolute atomic E-state index is 15.4. The van der Waals surface area contributed by atoms with Crippen molar-refractivity contribution in [2.75, 3.05) is 23.9 Å². The number of piperidine rings is 1. The number of ether oxygens (including phenoxy) is 2. The number of anilines is 2. The second kappa shape index (κ2) is 10.3. The Morgan fingerprint density at radius 2 is 1.88 bits per heavy atom. The van der Waals surface area contributed by atoms with Crippen molar-refractivity contribution in [2.45, 2.75) is 44.1 Å². The molecule has 2 saturated heterocycles. The lowest BCUT2D eigenvalue weighted by Gasteiger charge is -2.48. The Hall–Kier alpha value is -4.43. The summed E-state index contributed by atoms with van der Waals surface area (Å²) in [4.78, 5) is 25.4. The summed E-state index contributed by atoms with van der Waals surface area (Å²) in [5.41, 5.74) is 0.0569. The fraction of sp³-hybridized carbons (Fsp3) is 0.360. The molecular weight excluding hydrogens is 545 g/mol. The molecule has 2 amide bonds. The Bertz CT molecular complexity index is 1440. The Balaban J connectivity index is 1.27. The molecule has 15 heteroatoms. The van der Waals surface area contributed by atoms with E-state index in [9.17, 15) is 22.8 Å². The Morgan fingerprint density at radius 3 is 2.50 bits per heavy atom. The molecule has 0 spiro atoms. The number of amides is 2. The van der Waals surface area contributed by atoms with Gasteiger partial charge in [-0.05, 0) is 37.6 Å². The number of hydrogen-bond donors (Lipinski definition) is 2. The van der Waals surface area contributed by atoms with Crippen molar-refractivity contribution in [2.24, 2.45) is 0 Å². The summed E-state index contributed by atoms with van der Waals surface area (Å²) in [5, 5.41) is 12.9. The van der Waals surface area contributed by atoms with E-state index in [0.29, 0.717) is 5.56 Å². The van der Waals surface area contributed by atoms with Gasteiger partial charge < -0.3 is 24.1 Å². The van der Waals surface area contributed by atoms with E-state index in [2.05, 4.69) is 25.6 Å². The summed E-state index contributed by atoms with van der Waals surface area (Å²) < 4.78 is 82.3. The van der Waals surface area contributed by atoms with E-state index in [1.54, 1.807) is 11.8 Å². The number of carbonyl (C=O) groups is 2. The SMILES string of the molecule is COc1c(N2C[C@H](Nc3nnc(-c4ccc(OC(F)(F)F)cc4)o3)[C@H]2C)cc(F)c(C2CCC(=O)NC2=O)c1F. The summed E-state index contributed by atoms with van der Waals surface area (Å²) in [7, 11) is 1.23. The summed E-state index contributed by atoms with van der Waals surface area (Å²) in [6, 6.07) is 5.45. The molecule has 3 heterocycles. The molecule has 0 aliphatic carbocycles. The van der Waals surface area contributed by atoms with Crippen molar-refractivity contribution >= 4 is 23.5 Å². The number of nitrogens with zero attached hydrogens (tertiary/aromatic N) is 3. The van der Waals surface area contributed by atoms with Crippen LogP contribution in [0.1, 0.15) is 31.2 Å². The highest BCUT2D eigenvalue weighted by atomic mass is 19.4. The number of nitrogens with one attached hydrogen (secondary N) is 2. The zero-order chi connectivity index (χ0) is 28.8. The van der Waals surface area contributed by atoms with Gasteiger partial charge in [0.2, 0.25) is 17.7 Å². The van der Waals surface area contributed by atoms with E-state index in [-0.39, 0.29) is 54.8 Å². The fourth-order valence-corrected chi connectivity index (χ4v) is 4.75. The zero-order valence-electron chi connectivity index (χ0n) is 21.0. The summed E-state index contributed by atoms with van der Waals surface area (Å²) >= 11 is 0. The van der Waals surface area contributed by atoms with Gasteiger partial charge in [-0.15, -0.1) is 18.3 Å². The first kappa shape index (κ1) is 27.1. The molecule has 1 aromatic heterocycles. The number of alkyl halides is 3. The third-order valence-corrected chi connectivity index (χ3v) is 6.83. The molecule has 5 rings (SSSR count). The number of rotatable bonds is 7. The summed E-state index contributed by atoms with van der Waals surface area (Å²) in [6.45, 7) is 2.07. The van der Waals surface area contributed by atoms with Crippen LogP contribution in [0.15, 0.2) is 34.7 Å². The Kier molecular flexibility index (Phi) is 6.98. The predicted molar refractivity (Wildman–Crippen MR) is 129 cm³/mol. The van der Waals surface area contributed by atoms with Crippen LogP contribution in [-0.2, 0) is 9.59 Å². The highest BCUT2D eigenvalue weighted by molar-refractivity contribution is 6.01.